The molecule has 0 unspecified atom stereocenters. The van der Waals surface area contributed by atoms with Crippen LogP contribution in [0.15, 0.2) is 48.5 Å². The lowest BCUT2D eigenvalue weighted by molar-refractivity contribution is -0.384. The van der Waals surface area contributed by atoms with Gasteiger partial charge in [0.25, 0.3) is 5.69 Å². The summed E-state index contributed by atoms with van der Waals surface area (Å²) in [5, 5.41) is 22.4. The Kier molecular flexibility index (Phi) is 6.51. The van der Waals surface area contributed by atoms with E-state index in [9.17, 15) is 19.7 Å². The summed E-state index contributed by atoms with van der Waals surface area (Å²) in [5.41, 5.74) is 0.624. The summed E-state index contributed by atoms with van der Waals surface area (Å²) in [4.78, 5) is 33.4. The Labute approximate surface area is 153 Å². The van der Waals surface area contributed by atoms with Crippen LogP contribution in [0.2, 0.25) is 5.02 Å². The summed E-state index contributed by atoms with van der Waals surface area (Å²) >= 11 is 5.75. The molecule has 2 aromatic carbocycles. The van der Waals surface area contributed by atoms with Crippen LogP contribution in [0.3, 0.4) is 0 Å². The van der Waals surface area contributed by atoms with Crippen LogP contribution in [0.1, 0.15) is 23.6 Å². The van der Waals surface area contributed by atoms with Crippen LogP contribution in [-0.2, 0) is 16.1 Å². The maximum Gasteiger partial charge on any atom is 0.407 e. The molecule has 0 aliphatic carbocycles. The van der Waals surface area contributed by atoms with E-state index < -0.39 is 29.4 Å². The van der Waals surface area contributed by atoms with Crippen LogP contribution >= 0.6 is 11.6 Å². The highest BCUT2D eigenvalue weighted by atomic mass is 35.5. The number of alkyl carbamates (subject to hydrolysis) is 1. The highest BCUT2D eigenvalue weighted by molar-refractivity contribution is 6.32. The standard InChI is InChI=1S/C17H15ClN2O6/c18-13-7-6-12(8-15(13)20(24)25)14(9-16(21)22)19-17(23)26-10-11-4-2-1-3-5-11/h1-8,14H,9-10H2,(H,19,23)(H,21,22)/t14-/m1/s1. The Morgan fingerprint density at radius 2 is 1.92 bits per heavy atom. The predicted octanol–water partition coefficient (Wildman–Crippen LogP) is 3.69. The number of carbonyl (C=O) groups is 2. The monoisotopic (exact) mass is 378 g/mol. The van der Waals surface area contributed by atoms with Gasteiger partial charge < -0.3 is 15.2 Å². The molecule has 1 atom stereocenters. The van der Waals surface area contributed by atoms with Gasteiger partial charge in [0.05, 0.1) is 17.4 Å². The van der Waals surface area contributed by atoms with E-state index in [-0.39, 0.29) is 22.9 Å². The number of amides is 1. The lowest BCUT2D eigenvalue weighted by Gasteiger charge is -2.17. The number of carbonyl (C=O) groups excluding carboxylic acids is 1. The number of aliphatic carboxylic acids is 1. The Morgan fingerprint density at radius 1 is 1.23 bits per heavy atom. The molecule has 0 radical (unpaired) electrons. The minimum atomic E-state index is -1.18. The molecule has 0 saturated carbocycles. The second kappa shape index (κ2) is 8.82. The van der Waals surface area contributed by atoms with Crippen LogP contribution in [-0.4, -0.2) is 22.1 Å². The molecular formula is C17H15ClN2O6. The fraction of sp³-hybridized carbons (Fsp3) is 0.176. The molecule has 0 bridgehead atoms. The lowest BCUT2D eigenvalue weighted by Crippen LogP contribution is -2.30. The first kappa shape index (κ1) is 19.2. The molecule has 8 nitrogen and oxygen atoms in total. The Hall–Kier alpha value is -3.13. The average Bonchev–Trinajstić information content (AvgIpc) is 2.60. The third-order valence-corrected chi connectivity index (χ3v) is 3.77. The van der Waals surface area contributed by atoms with Crippen molar-refractivity contribution in [3.8, 4) is 0 Å². The number of hydrogen-bond donors (Lipinski definition) is 2. The summed E-state index contributed by atoms with van der Waals surface area (Å²) in [6, 6.07) is 11.8. The van der Waals surface area contributed by atoms with Crippen molar-refractivity contribution in [2.24, 2.45) is 0 Å². The van der Waals surface area contributed by atoms with E-state index in [1.54, 1.807) is 24.3 Å². The number of nitrogens with zero attached hydrogens (tertiary/aromatic N) is 1. The molecule has 0 heterocycles. The molecule has 0 aromatic heterocycles. The summed E-state index contributed by atoms with van der Waals surface area (Å²) in [6.07, 6.45) is -1.31. The Morgan fingerprint density at radius 3 is 2.54 bits per heavy atom. The van der Waals surface area contributed by atoms with Crippen LogP contribution in [0.25, 0.3) is 0 Å². The lowest BCUT2D eigenvalue weighted by atomic mass is 10.0. The minimum absolute atomic E-state index is 0.00717. The topological polar surface area (TPSA) is 119 Å². The zero-order valence-electron chi connectivity index (χ0n) is 13.4. The van der Waals surface area contributed by atoms with E-state index in [1.165, 1.54) is 12.1 Å². The normalized spacial score (nSPS) is 11.4. The van der Waals surface area contributed by atoms with Gasteiger partial charge in [0.1, 0.15) is 11.6 Å². The highest BCUT2D eigenvalue weighted by Gasteiger charge is 2.22. The van der Waals surface area contributed by atoms with Crippen molar-refractivity contribution in [1.82, 2.24) is 5.32 Å². The van der Waals surface area contributed by atoms with E-state index in [2.05, 4.69) is 5.32 Å². The third-order valence-electron chi connectivity index (χ3n) is 3.45. The largest absolute Gasteiger partial charge is 0.481 e. The number of benzene rings is 2. The number of nitro benzene ring substituents is 1. The van der Waals surface area contributed by atoms with Crippen LogP contribution in [0.4, 0.5) is 10.5 Å². The van der Waals surface area contributed by atoms with Crippen molar-refractivity contribution in [3.63, 3.8) is 0 Å². The molecule has 136 valence electrons. The summed E-state index contributed by atoms with van der Waals surface area (Å²) in [7, 11) is 0. The minimum Gasteiger partial charge on any atom is -0.481 e. The molecule has 9 heteroatoms. The second-order valence-corrected chi connectivity index (χ2v) is 5.73. The van der Waals surface area contributed by atoms with Crippen molar-refractivity contribution in [2.75, 3.05) is 0 Å². The smallest absolute Gasteiger partial charge is 0.407 e. The zero-order chi connectivity index (χ0) is 19.1. The van der Waals surface area contributed by atoms with Gasteiger partial charge in [-0.2, -0.15) is 0 Å². The Bertz CT molecular complexity index is 812. The summed E-state index contributed by atoms with van der Waals surface area (Å²) in [6.45, 7) is 0.00717. The fourth-order valence-electron chi connectivity index (χ4n) is 2.22. The summed E-state index contributed by atoms with van der Waals surface area (Å²) < 4.78 is 5.06. The number of carboxylic acids is 1. The maximum atomic E-state index is 12.0. The van der Waals surface area contributed by atoms with Crippen molar-refractivity contribution in [3.05, 3.63) is 74.8 Å². The molecule has 2 rings (SSSR count). The van der Waals surface area contributed by atoms with Crippen molar-refractivity contribution >= 4 is 29.4 Å². The molecule has 0 aliphatic rings. The van der Waals surface area contributed by atoms with E-state index >= 15 is 0 Å². The molecule has 0 saturated heterocycles. The van der Waals surface area contributed by atoms with Gasteiger partial charge >= 0.3 is 12.1 Å². The van der Waals surface area contributed by atoms with Gasteiger partial charge in [-0.05, 0) is 17.2 Å². The molecule has 2 aromatic rings. The third kappa shape index (κ3) is 5.45. The van der Waals surface area contributed by atoms with Gasteiger partial charge in [0.15, 0.2) is 0 Å². The van der Waals surface area contributed by atoms with Crippen molar-refractivity contribution in [2.45, 2.75) is 19.1 Å². The van der Waals surface area contributed by atoms with Gasteiger partial charge in [0, 0.05) is 6.07 Å². The van der Waals surface area contributed by atoms with E-state index in [1.807, 2.05) is 6.07 Å². The molecule has 0 spiro atoms. The van der Waals surface area contributed by atoms with Gasteiger partial charge in [-0.1, -0.05) is 48.0 Å². The van der Waals surface area contributed by atoms with Crippen LogP contribution in [0, 0.1) is 10.1 Å². The highest BCUT2D eigenvalue weighted by Crippen LogP contribution is 2.29. The number of nitro groups is 1. The van der Waals surface area contributed by atoms with Gasteiger partial charge in [0.2, 0.25) is 0 Å². The first-order valence-corrected chi connectivity index (χ1v) is 7.87. The number of halogens is 1. The maximum absolute atomic E-state index is 12.0. The molecule has 0 fully saturated rings. The number of rotatable bonds is 7. The number of carboxylic acid groups (broad SMARTS) is 1. The molecule has 26 heavy (non-hydrogen) atoms. The molecule has 0 aliphatic heterocycles. The van der Waals surface area contributed by atoms with Gasteiger partial charge in [-0.3, -0.25) is 14.9 Å². The quantitative estimate of drug-likeness (QED) is 0.560. The fourth-order valence-corrected chi connectivity index (χ4v) is 2.41. The molecular weight excluding hydrogens is 364 g/mol. The van der Waals surface area contributed by atoms with Crippen molar-refractivity contribution < 1.29 is 24.4 Å². The first-order valence-electron chi connectivity index (χ1n) is 7.49. The van der Waals surface area contributed by atoms with Crippen molar-refractivity contribution in [1.29, 1.82) is 0 Å². The van der Waals surface area contributed by atoms with Crippen LogP contribution < -0.4 is 5.32 Å². The Balaban J connectivity index is 2.12. The average molecular weight is 379 g/mol. The molecule has 2 N–H and O–H groups in total. The van der Waals surface area contributed by atoms with E-state index in [4.69, 9.17) is 21.4 Å². The van der Waals surface area contributed by atoms with Crippen LogP contribution in [0.5, 0.6) is 0 Å². The number of hydrogen-bond acceptors (Lipinski definition) is 5. The zero-order valence-corrected chi connectivity index (χ0v) is 14.2. The SMILES string of the molecule is O=C(O)C[C@@H](NC(=O)OCc1ccccc1)c1ccc(Cl)c([N+](=O)[O-])c1. The van der Waals surface area contributed by atoms with E-state index in [0.717, 1.165) is 11.6 Å². The number of nitrogens with one attached hydrogen (secondary N) is 1. The second-order valence-electron chi connectivity index (χ2n) is 5.32. The summed E-state index contributed by atoms with van der Waals surface area (Å²) in [5.74, 6) is -1.18. The number of ether oxygens (including phenoxy) is 1. The van der Waals surface area contributed by atoms with Gasteiger partial charge in [-0.25, -0.2) is 4.79 Å². The molecule has 1 amide bonds. The van der Waals surface area contributed by atoms with Gasteiger partial charge in [-0.15, -0.1) is 0 Å². The van der Waals surface area contributed by atoms with E-state index in [0.29, 0.717) is 0 Å². The predicted molar refractivity (Wildman–Crippen MR) is 92.9 cm³/mol. The first-order chi connectivity index (χ1) is 12.4.